The van der Waals surface area contributed by atoms with Crippen molar-refractivity contribution < 1.29 is 23.9 Å². The maximum atomic E-state index is 13.5. The van der Waals surface area contributed by atoms with E-state index >= 15 is 0 Å². The molecule has 0 radical (unpaired) electrons. The number of urea groups is 1. The van der Waals surface area contributed by atoms with E-state index in [0.717, 1.165) is 16.0 Å². The van der Waals surface area contributed by atoms with Crippen LogP contribution in [0.2, 0.25) is 0 Å². The van der Waals surface area contributed by atoms with Crippen molar-refractivity contribution in [3.05, 3.63) is 71.8 Å². The molecule has 0 spiro atoms. The van der Waals surface area contributed by atoms with Gasteiger partial charge in [-0.2, -0.15) is 0 Å². The predicted molar refractivity (Wildman–Crippen MR) is 109 cm³/mol. The van der Waals surface area contributed by atoms with Gasteiger partial charge in [0.2, 0.25) is 11.8 Å². The average Bonchev–Trinajstić information content (AvgIpc) is 2.74. The SMILES string of the molecule is CCOC(=O)CCN1C(=O)NC(=O)C(Cc2ccccc2)(Cc2ccccc2)C1=O. The molecule has 2 aromatic rings. The van der Waals surface area contributed by atoms with Crippen LogP contribution in [0.3, 0.4) is 0 Å². The fourth-order valence-electron chi connectivity index (χ4n) is 3.63. The first-order valence-electron chi connectivity index (χ1n) is 9.87. The molecule has 1 fully saturated rings. The van der Waals surface area contributed by atoms with Gasteiger partial charge >= 0.3 is 12.0 Å². The van der Waals surface area contributed by atoms with Crippen molar-refractivity contribution in [1.29, 1.82) is 0 Å². The number of rotatable bonds is 8. The molecule has 3 rings (SSSR count). The number of imide groups is 2. The normalized spacial score (nSPS) is 15.6. The lowest BCUT2D eigenvalue weighted by atomic mass is 9.73. The maximum Gasteiger partial charge on any atom is 0.330 e. The minimum Gasteiger partial charge on any atom is -0.466 e. The molecule has 0 aromatic heterocycles. The molecular weight excluding hydrogens is 384 g/mol. The second-order valence-corrected chi connectivity index (χ2v) is 7.18. The largest absolute Gasteiger partial charge is 0.466 e. The van der Waals surface area contributed by atoms with Crippen molar-refractivity contribution in [2.45, 2.75) is 26.2 Å². The summed E-state index contributed by atoms with van der Waals surface area (Å²) in [6.45, 7) is 1.74. The fraction of sp³-hybridized carbons (Fsp3) is 0.304. The van der Waals surface area contributed by atoms with Gasteiger partial charge in [-0.15, -0.1) is 0 Å². The number of barbiturate groups is 1. The van der Waals surface area contributed by atoms with Crippen LogP contribution in [0.5, 0.6) is 0 Å². The zero-order valence-corrected chi connectivity index (χ0v) is 16.8. The van der Waals surface area contributed by atoms with Gasteiger partial charge in [0.05, 0.1) is 13.0 Å². The van der Waals surface area contributed by atoms with E-state index in [9.17, 15) is 19.2 Å². The Bertz CT molecular complexity index is 886. The molecule has 30 heavy (non-hydrogen) atoms. The number of hydrogen-bond donors (Lipinski definition) is 1. The Labute approximate surface area is 175 Å². The van der Waals surface area contributed by atoms with Crippen LogP contribution in [-0.2, 0) is 32.0 Å². The van der Waals surface area contributed by atoms with Crippen molar-refractivity contribution in [3.8, 4) is 0 Å². The molecule has 7 nitrogen and oxygen atoms in total. The van der Waals surface area contributed by atoms with Crippen molar-refractivity contribution >= 4 is 23.8 Å². The van der Waals surface area contributed by atoms with Crippen molar-refractivity contribution in [2.75, 3.05) is 13.2 Å². The molecule has 156 valence electrons. The first-order chi connectivity index (χ1) is 14.5. The molecule has 4 amide bonds. The third-order valence-electron chi connectivity index (χ3n) is 5.10. The summed E-state index contributed by atoms with van der Waals surface area (Å²) in [4.78, 5) is 51.7. The number of benzene rings is 2. The van der Waals surface area contributed by atoms with Gasteiger partial charge in [-0.05, 0) is 30.9 Å². The lowest BCUT2D eigenvalue weighted by Gasteiger charge is -2.39. The third-order valence-corrected chi connectivity index (χ3v) is 5.10. The predicted octanol–water partition coefficient (Wildman–Crippen LogP) is 2.49. The molecule has 1 saturated heterocycles. The molecule has 0 bridgehead atoms. The minimum absolute atomic E-state index is 0.131. The number of carbonyl (C=O) groups is 4. The van der Waals surface area contributed by atoms with E-state index in [2.05, 4.69) is 5.32 Å². The van der Waals surface area contributed by atoms with E-state index in [1.165, 1.54) is 0 Å². The molecule has 0 saturated carbocycles. The number of esters is 1. The van der Waals surface area contributed by atoms with Crippen LogP contribution in [0.1, 0.15) is 24.5 Å². The second-order valence-electron chi connectivity index (χ2n) is 7.18. The Morgan fingerprint density at radius 1 is 0.933 bits per heavy atom. The zero-order valence-electron chi connectivity index (χ0n) is 16.8. The molecule has 7 heteroatoms. The van der Waals surface area contributed by atoms with Crippen molar-refractivity contribution in [2.24, 2.45) is 5.41 Å². The van der Waals surface area contributed by atoms with E-state index in [1.54, 1.807) is 6.92 Å². The third kappa shape index (κ3) is 4.56. The lowest BCUT2D eigenvalue weighted by Crippen LogP contribution is -2.65. The number of amides is 4. The molecule has 1 aliphatic heterocycles. The van der Waals surface area contributed by atoms with Gasteiger partial charge in [0, 0.05) is 6.54 Å². The Hall–Kier alpha value is -3.48. The number of nitrogens with zero attached hydrogens (tertiary/aromatic N) is 1. The maximum absolute atomic E-state index is 13.5. The molecule has 1 N–H and O–H groups in total. The van der Waals surface area contributed by atoms with Crippen LogP contribution in [0, 0.1) is 5.41 Å². The fourth-order valence-corrected chi connectivity index (χ4v) is 3.63. The Kier molecular flexibility index (Phi) is 6.61. The highest BCUT2D eigenvalue weighted by Gasteiger charge is 2.53. The Morgan fingerprint density at radius 3 is 1.97 bits per heavy atom. The van der Waals surface area contributed by atoms with Gasteiger partial charge in [0.25, 0.3) is 0 Å². The van der Waals surface area contributed by atoms with E-state index < -0.39 is 29.2 Å². The van der Waals surface area contributed by atoms with Gasteiger partial charge in [-0.25, -0.2) is 4.79 Å². The first kappa shape index (κ1) is 21.2. The summed E-state index contributed by atoms with van der Waals surface area (Å²) >= 11 is 0. The minimum atomic E-state index is -1.49. The summed E-state index contributed by atoms with van der Waals surface area (Å²) < 4.78 is 4.89. The summed E-state index contributed by atoms with van der Waals surface area (Å²) in [5.74, 6) is -1.74. The van der Waals surface area contributed by atoms with Crippen molar-refractivity contribution in [1.82, 2.24) is 10.2 Å². The van der Waals surface area contributed by atoms with Gasteiger partial charge in [-0.3, -0.25) is 24.6 Å². The van der Waals surface area contributed by atoms with E-state index in [-0.39, 0.29) is 32.4 Å². The summed E-state index contributed by atoms with van der Waals surface area (Å²) in [5.41, 5.74) is 0.110. The summed E-state index contributed by atoms with van der Waals surface area (Å²) in [6.07, 6.45) is 0.140. The number of nitrogens with one attached hydrogen (secondary N) is 1. The molecule has 0 aliphatic carbocycles. The average molecular weight is 408 g/mol. The first-order valence-corrected chi connectivity index (χ1v) is 9.87. The quantitative estimate of drug-likeness (QED) is 0.535. The molecule has 1 heterocycles. The van der Waals surface area contributed by atoms with E-state index in [1.807, 2.05) is 60.7 Å². The monoisotopic (exact) mass is 408 g/mol. The molecule has 0 unspecified atom stereocenters. The topological polar surface area (TPSA) is 92.8 Å². The highest BCUT2D eigenvalue weighted by atomic mass is 16.5. The highest BCUT2D eigenvalue weighted by Crippen LogP contribution is 2.34. The standard InChI is InChI=1S/C23H24N2O5/c1-2-30-19(26)13-14-25-21(28)23(20(27)24-22(25)29,15-17-9-5-3-6-10-17)16-18-11-7-4-8-12-18/h3-12H,2,13-16H2,1H3,(H,24,27,29). The van der Waals surface area contributed by atoms with Gasteiger partial charge < -0.3 is 4.74 Å². The van der Waals surface area contributed by atoms with Crippen molar-refractivity contribution in [3.63, 3.8) is 0 Å². The van der Waals surface area contributed by atoms with Crippen LogP contribution >= 0.6 is 0 Å². The number of ether oxygens (including phenoxy) is 1. The smallest absolute Gasteiger partial charge is 0.330 e. The summed E-state index contributed by atoms with van der Waals surface area (Å²) in [6, 6.07) is 17.6. The van der Waals surface area contributed by atoms with Crippen LogP contribution in [0.15, 0.2) is 60.7 Å². The summed E-state index contributed by atoms with van der Waals surface area (Å²) in [7, 11) is 0. The Balaban J connectivity index is 1.95. The zero-order chi connectivity index (χ0) is 21.6. The highest BCUT2D eigenvalue weighted by molar-refractivity contribution is 6.19. The molecular formula is C23H24N2O5. The number of carbonyl (C=O) groups excluding carboxylic acids is 4. The molecule has 0 atom stereocenters. The number of hydrogen-bond acceptors (Lipinski definition) is 5. The van der Waals surface area contributed by atoms with Gasteiger partial charge in [-0.1, -0.05) is 60.7 Å². The Morgan fingerprint density at radius 2 is 1.47 bits per heavy atom. The van der Waals surface area contributed by atoms with E-state index in [4.69, 9.17) is 4.74 Å². The van der Waals surface area contributed by atoms with Crippen LogP contribution in [0.4, 0.5) is 4.79 Å². The van der Waals surface area contributed by atoms with Crippen LogP contribution < -0.4 is 5.32 Å². The lowest BCUT2D eigenvalue weighted by molar-refractivity contribution is -0.152. The van der Waals surface area contributed by atoms with Crippen LogP contribution in [-0.4, -0.2) is 41.9 Å². The molecule has 2 aromatic carbocycles. The van der Waals surface area contributed by atoms with E-state index in [0.29, 0.717) is 0 Å². The van der Waals surface area contributed by atoms with Gasteiger partial charge in [0.1, 0.15) is 5.41 Å². The second kappa shape index (κ2) is 9.35. The van der Waals surface area contributed by atoms with Gasteiger partial charge in [0.15, 0.2) is 0 Å². The molecule has 1 aliphatic rings. The van der Waals surface area contributed by atoms with Crippen LogP contribution in [0.25, 0.3) is 0 Å². The summed E-state index contributed by atoms with van der Waals surface area (Å²) in [5, 5.41) is 2.32.